The van der Waals surface area contributed by atoms with Crippen molar-refractivity contribution < 1.29 is 14.3 Å². The van der Waals surface area contributed by atoms with Crippen LogP contribution in [0.4, 0.5) is 0 Å². The van der Waals surface area contributed by atoms with Crippen molar-refractivity contribution in [1.29, 1.82) is 0 Å². The second-order valence-corrected chi connectivity index (χ2v) is 10.7. The molecule has 0 atom stereocenters. The Balaban J connectivity index is 1.11. The average molecular weight is 425 g/mol. The second kappa shape index (κ2) is 8.14. The molecule has 0 N–H and O–H groups in total. The van der Waals surface area contributed by atoms with Crippen molar-refractivity contribution in [2.75, 3.05) is 32.8 Å². The van der Waals surface area contributed by atoms with Crippen LogP contribution in [-0.2, 0) is 9.59 Å². The van der Waals surface area contributed by atoms with E-state index in [2.05, 4.69) is 17.9 Å². The molecule has 5 heteroatoms. The third kappa shape index (κ3) is 3.96. The second-order valence-electron chi connectivity index (χ2n) is 10.7. The summed E-state index contributed by atoms with van der Waals surface area (Å²) in [5.74, 6) is 3.75. The molecule has 1 aromatic rings. The molecular formula is C26H36N2O3. The van der Waals surface area contributed by atoms with Crippen LogP contribution >= 0.6 is 0 Å². The van der Waals surface area contributed by atoms with Crippen molar-refractivity contribution in [3.63, 3.8) is 0 Å². The summed E-state index contributed by atoms with van der Waals surface area (Å²) in [6.45, 7) is 7.19. The van der Waals surface area contributed by atoms with E-state index in [0.29, 0.717) is 45.1 Å². The Bertz CT molecular complexity index is 821. The van der Waals surface area contributed by atoms with Gasteiger partial charge in [0.25, 0.3) is 0 Å². The number of benzene rings is 1. The summed E-state index contributed by atoms with van der Waals surface area (Å²) in [4.78, 5) is 30.2. The molecule has 1 saturated heterocycles. The van der Waals surface area contributed by atoms with E-state index in [1.54, 1.807) is 0 Å². The summed E-state index contributed by atoms with van der Waals surface area (Å²) in [6.07, 6.45) is 7.82. The number of rotatable bonds is 5. The molecule has 4 saturated carbocycles. The molecule has 31 heavy (non-hydrogen) atoms. The first kappa shape index (κ1) is 20.8. The van der Waals surface area contributed by atoms with E-state index in [1.807, 2.05) is 24.0 Å². The SMILES string of the molecule is Cc1cccc(OCCC(=O)N2CCN(C(=O)C34CC5CC(CC(C5)C3)C4)CC2)c1C. The first-order valence-electron chi connectivity index (χ1n) is 12.2. The van der Waals surface area contributed by atoms with Gasteiger partial charge in [-0.2, -0.15) is 0 Å². The minimum Gasteiger partial charge on any atom is -0.493 e. The van der Waals surface area contributed by atoms with Gasteiger partial charge in [-0.15, -0.1) is 0 Å². The van der Waals surface area contributed by atoms with Gasteiger partial charge in [-0.1, -0.05) is 12.1 Å². The zero-order valence-corrected chi connectivity index (χ0v) is 19.1. The highest BCUT2D eigenvalue weighted by Crippen LogP contribution is 2.60. The van der Waals surface area contributed by atoms with Crippen LogP contribution in [0.5, 0.6) is 5.75 Å². The number of nitrogens with zero attached hydrogens (tertiary/aromatic N) is 2. The fraction of sp³-hybridized carbons (Fsp3) is 0.692. The zero-order chi connectivity index (χ0) is 21.6. The summed E-state index contributed by atoms with van der Waals surface area (Å²) in [7, 11) is 0. The maximum absolute atomic E-state index is 13.5. The third-order valence-electron chi connectivity index (χ3n) is 8.54. The Morgan fingerprint density at radius 1 is 0.935 bits per heavy atom. The van der Waals surface area contributed by atoms with E-state index in [9.17, 15) is 9.59 Å². The highest BCUT2D eigenvalue weighted by molar-refractivity contribution is 5.84. The van der Waals surface area contributed by atoms with Crippen molar-refractivity contribution in [1.82, 2.24) is 9.80 Å². The number of aryl methyl sites for hydroxylation is 1. The molecule has 168 valence electrons. The number of hydrogen-bond donors (Lipinski definition) is 0. The molecule has 0 unspecified atom stereocenters. The maximum atomic E-state index is 13.5. The minimum absolute atomic E-state index is 0.0690. The fourth-order valence-electron chi connectivity index (χ4n) is 7.15. The molecule has 0 radical (unpaired) electrons. The normalized spacial score (nSPS) is 31.7. The largest absolute Gasteiger partial charge is 0.493 e. The van der Waals surface area contributed by atoms with Gasteiger partial charge in [0.15, 0.2) is 0 Å². The van der Waals surface area contributed by atoms with Crippen molar-refractivity contribution >= 4 is 11.8 Å². The molecular weight excluding hydrogens is 388 g/mol. The first-order chi connectivity index (χ1) is 14.9. The van der Waals surface area contributed by atoms with Gasteiger partial charge in [0.05, 0.1) is 18.4 Å². The third-order valence-corrected chi connectivity index (χ3v) is 8.54. The van der Waals surface area contributed by atoms with Gasteiger partial charge in [0, 0.05) is 26.2 Å². The molecule has 0 spiro atoms. The van der Waals surface area contributed by atoms with Crippen LogP contribution in [-0.4, -0.2) is 54.4 Å². The quantitative estimate of drug-likeness (QED) is 0.719. The Morgan fingerprint density at radius 3 is 2.13 bits per heavy atom. The van der Waals surface area contributed by atoms with Gasteiger partial charge in [-0.3, -0.25) is 9.59 Å². The van der Waals surface area contributed by atoms with E-state index in [1.165, 1.54) is 24.8 Å². The van der Waals surface area contributed by atoms with Gasteiger partial charge in [0.2, 0.25) is 11.8 Å². The molecule has 1 aromatic carbocycles. The van der Waals surface area contributed by atoms with Crippen LogP contribution in [0.1, 0.15) is 56.1 Å². The fourth-order valence-corrected chi connectivity index (χ4v) is 7.15. The van der Waals surface area contributed by atoms with Crippen LogP contribution < -0.4 is 4.74 Å². The lowest BCUT2D eigenvalue weighted by Crippen LogP contribution is -2.58. The van der Waals surface area contributed by atoms with Gasteiger partial charge in [-0.25, -0.2) is 0 Å². The zero-order valence-electron chi connectivity index (χ0n) is 19.1. The van der Waals surface area contributed by atoms with E-state index in [4.69, 9.17) is 4.74 Å². The van der Waals surface area contributed by atoms with E-state index >= 15 is 0 Å². The van der Waals surface area contributed by atoms with E-state index in [0.717, 1.165) is 48.3 Å². The van der Waals surface area contributed by atoms with Crippen molar-refractivity contribution in [3.8, 4) is 5.75 Å². The number of ether oxygens (including phenoxy) is 1. The summed E-state index contributed by atoms with van der Waals surface area (Å²) < 4.78 is 5.86. The summed E-state index contributed by atoms with van der Waals surface area (Å²) >= 11 is 0. The van der Waals surface area contributed by atoms with Crippen LogP contribution in [0.15, 0.2) is 18.2 Å². The van der Waals surface area contributed by atoms with Crippen LogP contribution in [0.25, 0.3) is 0 Å². The van der Waals surface area contributed by atoms with Crippen LogP contribution in [0.2, 0.25) is 0 Å². The minimum atomic E-state index is -0.0690. The average Bonchev–Trinajstić information content (AvgIpc) is 2.75. The highest BCUT2D eigenvalue weighted by Gasteiger charge is 2.55. The molecule has 5 fully saturated rings. The predicted octanol–water partition coefficient (Wildman–Crippen LogP) is 3.96. The predicted molar refractivity (Wildman–Crippen MR) is 120 cm³/mol. The van der Waals surface area contributed by atoms with Crippen molar-refractivity contribution in [2.24, 2.45) is 23.2 Å². The lowest BCUT2D eigenvalue weighted by Gasteiger charge is -2.57. The van der Waals surface area contributed by atoms with Crippen LogP contribution in [0.3, 0.4) is 0 Å². The first-order valence-corrected chi connectivity index (χ1v) is 12.2. The monoisotopic (exact) mass is 424 g/mol. The number of carbonyl (C=O) groups is 2. The molecule has 4 aliphatic carbocycles. The summed E-state index contributed by atoms with van der Waals surface area (Å²) in [6, 6.07) is 6.01. The number of carbonyl (C=O) groups excluding carboxylic acids is 2. The van der Waals surface area contributed by atoms with E-state index in [-0.39, 0.29) is 11.3 Å². The Morgan fingerprint density at radius 2 is 1.52 bits per heavy atom. The van der Waals surface area contributed by atoms with Gasteiger partial charge < -0.3 is 14.5 Å². The molecule has 4 bridgehead atoms. The molecule has 5 nitrogen and oxygen atoms in total. The van der Waals surface area contributed by atoms with Crippen LogP contribution in [0, 0.1) is 37.0 Å². The van der Waals surface area contributed by atoms with Gasteiger partial charge in [0.1, 0.15) is 5.75 Å². The smallest absolute Gasteiger partial charge is 0.228 e. The topological polar surface area (TPSA) is 49.9 Å². The maximum Gasteiger partial charge on any atom is 0.228 e. The molecule has 5 aliphatic rings. The lowest BCUT2D eigenvalue weighted by molar-refractivity contribution is -0.160. The molecule has 6 rings (SSSR count). The highest BCUT2D eigenvalue weighted by atomic mass is 16.5. The van der Waals surface area contributed by atoms with Gasteiger partial charge >= 0.3 is 0 Å². The Labute approximate surface area is 186 Å². The number of hydrogen-bond acceptors (Lipinski definition) is 3. The van der Waals surface area contributed by atoms with Crippen molar-refractivity contribution in [3.05, 3.63) is 29.3 Å². The lowest BCUT2D eigenvalue weighted by atomic mass is 9.49. The Kier molecular flexibility index (Phi) is 5.47. The molecule has 1 aliphatic heterocycles. The Hall–Kier alpha value is -2.04. The van der Waals surface area contributed by atoms with E-state index < -0.39 is 0 Å². The van der Waals surface area contributed by atoms with Crippen molar-refractivity contribution in [2.45, 2.75) is 58.8 Å². The van der Waals surface area contributed by atoms with Gasteiger partial charge in [-0.05, 0) is 87.3 Å². The standard InChI is InChI=1S/C26H36N2O3/c1-18-4-3-5-23(19(18)2)31-11-6-24(29)27-7-9-28(10-8-27)25(30)26-15-20-12-21(16-26)14-22(13-20)17-26/h3-5,20-22H,6-17H2,1-2H3. The molecule has 1 heterocycles. The number of amides is 2. The molecule has 0 aromatic heterocycles. The summed E-state index contributed by atoms with van der Waals surface area (Å²) in [5, 5.41) is 0. The summed E-state index contributed by atoms with van der Waals surface area (Å²) in [5.41, 5.74) is 2.26. The molecule has 2 amide bonds. The number of piperazine rings is 1.